The van der Waals surface area contributed by atoms with Crippen molar-refractivity contribution in [3.05, 3.63) is 71.1 Å². The van der Waals surface area contributed by atoms with Crippen LogP contribution in [0.4, 0.5) is 0 Å². The van der Waals surface area contributed by atoms with Crippen LogP contribution in [0.1, 0.15) is 28.0 Å². The molecule has 4 rings (SSSR count). The lowest BCUT2D eigenvalue weighted by molar-refractivity contribution is -0.138. The van der Waals surface area contributed by atoms with Crippen LogP contribution < -0.4 is 10.1 Å². The van der Waals surface area contributed by atoms with Gasteiger partial charge in [-0.3, -0.25) is 10.1 Å². The van der Waals surface area contributed by atoms with Crippen LogP contribution in [0.3, 0.4) is 0 Å². The van der Waals surface area contributed by atoms with Crippen molar-refractivity contribution in [3.63, 3.8) is 0 Å². The maximum atomic E-state index is 11.1. The fraction of sp³-hybridized carbons (Fsp3) is 0.304. The molecule has 1 saturated heterocycles. The lowest BCUT2D eigenvalue weighted by Crippen LogP contribution is -2.33. The highest BCUT2D eigenvalue weighted by molar-refractivity contribution is 7.99. The van der Waals surface area contributed by atoms with E-state index >= 15 is 0 Å². The Bertz CT molecular complexity index is 1010. The average Bonchev–Trinajstić information content (AvgIpc) is 3.37. The summed E-state index contributed by atoms with van der Waals surface area (Å²) in [6.45, 7) is 4.47. The molecule has 0 bridgehead atoms. The molecule has 2 N–H and O–H groups in total. The number of aryl methyl sites for hydroxylation is 2. The van der Waals surface area contributed by atoms with Crippen molar-refractivity contribution in [1.82, 2.24) is 10.3 Å². The van der Waals surface area contributed by atoms with Crippen molar-refractivity contribution in [3.8, 4) is 17.2 Å². The number of carbonyl (C=O) groups is 1. The zero-order valence-corrected chi connectivity index (χ0v) is 17.7. The molecule has 1 aliphatic heterocycles. The minimum absolute atomic E-state index is 0.00174. The van der Waals surface area contributed by atoms with E-state index in [9.17, 15) is 4.79 Å². The summed E-state index contributed by atoms with van der Waals surface area (Å²) >= 11 is 1.60. The summed E-state index contributed by atoms with van der Waals surface area (Å²) in [5, 5.41) is 12.2. The summed E-state index contributed by atoms with van der Waals surface area (Å²) < 4.78 is 11.7. The number of aromatic nitrogens is 1. The first kappa shape index (κ1) is 20.5. The normalized spacial score (nSPS) is 18.5. The molecule has 3 aromatic rings. The standard InChI is InChI=1S/C23H24N2O4S/c1-14-3-5-16(6-4-14)21-24-19(15(2)29-21)11-12-28-18-9-7-17(8-10-18)22-25-20(13-30-22)23(26)27/h3-10,20,22,25H,11-13H2,1-2H3,(H,26,27). The van der Waals surface area contributed by atoms with E-state index in [0.717, 1.165) is 28.3 Å². The van der Waals surface area contributed by atoms with Crippen LogP contribution in [-0.4, -0.2) is 34.5 Å². The fourth-order valence-corrected chi connectivity index (χ4v) is 4.52. The first-order valence-electron chi connectivity index (χ1n) is 9.86. The number of hydrogen-bond donors (Lipinski definition) is 2. The Balaban J connectivity index is 1.31. The first-order valence-corrected chi connectivity index (χ1v) is 10.9. The highest BCUT2D eigenvalue weighted by atomic mass is 32.2. The van der Waals surface area contributed by atoms with Gasteiger partial charge in [-0.1, -0.05) is 29.8 Å². The monoisotopic (exact) mass is 424 g/mol. The number of carboxylic acids is 1. The second-order valence-corrected chi connectivity index (χ2v) is 8.46. The van der Waals surface area contributed by atoms with E-state index in [-0.39, 0.29) is 5.37 Å². The van der Waals surface area contributed by atoms with Crippen molar-refractivity contribution in [2.24, 2.45) is 0 Å². The molecule has 2 aromatic carbocycles. The predicted octanol–water partition coefficient (Wildman–Crippen LogP) is 4.37. The highest BCUT2D eigenvalue weighted by Gasteiger charge is 2.30. The minimum Gasteiger partial charge on any atom is -0.493 e. The number of nitrogens with one attached hydrogen (secondary N) is 1. The Morgan fingerprint density at radius 2 is 1.93 bits per heavy atom. The predicted molar refractivity (Wildman–Crippen MR) is 117 cm³/mol. The molecule has 1 fully saturated rings. The number of hydrogen-bond acceptors (Lipinski definition) is 6. The van der Waals surface area contributed by atoms with Gasteiger partial charge < -0.3 is 14.3 Å². The number of aliphatic carboxylic acids is 1. The molecule has 6 nitrogen and oxygen atoms in total. The van der Waals surface area contributed by atoms with Crippen LogP contribution in [0, 0.1) is 13.8 Å². The third-order valence-corrected chi connectivity index (χ3v) is 6.33. The van der Waals surface area contributed by atoms with Gasteiger partial charge in [-0.05, 0) is 43.7 Å². The van der Waals surface area contributed by atoms with Gasteiger partial charge >= 0.3 is 5.97 Å². The Kier molecular flexibility index (Phi) is 6.11. The Labute approximate surface area is 179 Å². The molecular formula is C23H24N2O4S. The summed E-state index contributed by atoms with van der Waals surface area (Å²) in [6, 6.07) is 15.4. The van der Waals surface area contributed by atoms with Gasteiger partial charge in [-0.25, -0.2) is 4.98 Å². The topological polar surface area (TPSA) is 84.6 Å². The van der Waals surface area contributed by atoms with Crippen molar-refractivity contribution >= 4 is 17.7 Å². The van der Waals surface area contributed by atoms with E-state index in [4.69, 9.17) is 14.3 Å². The second kappa shape index (κ2) is 8.93. The third kappa shape index (κ3) is 4.68. The largest absolute Gasteiger partial charge is 0.493 e. The van der Waals surface area contributed by atoms with Gasteiger partial charge in [0, 0.05) is 17.7 Å². The summed E-state index contributed by atoms with van der Waals surface area (Å²) in [7, 11) is 0. The Hall–Kier alpha value is -2.77. The molecule has 156 valence electrons. The van der Waals surface area contributed by atoms with Crippen molar-refractivity contribution < 1.29 is 19.1 Å². The number of oxazole rings is 1. The molecule has 0 amide bonds. The summed E-state index contributed by atoms with van der Waals surface area (Å²) in [5.74, 6) is 1.98. The van der Waals surface area contributed by atoms with Crippen LogP contribution in [0.5, 0.6) is 5.75 Å². The van der Waals surface area contributed by atoms with Crippen LogP contribution in [0.2, 0.25) is 0 Å². The number of carboxylic acid groups (broad SMARTS) is 1. The third-order valence-electron chi connectivity index (χ3n) is 5.06. The van der Waals surface area contributed by atoms with Gasteiger partial charge in [0.05, 0.1) is 17.7 Å². The molecule has 2 atom stereocenters. The number of rotatable bonds is 7. The smallest absolute Gasteiger partial charge is 0.321 e. The van der Waals surface area contributed by atoms with Crippen LogP contribution in [-0.2, 0) is 11.2 Å². The van der Waals surface area contributed by atoms with Crippen LogP contribution >= 0.6 is 11.8 Å². The maximum absolute atomic E-state index is 11.1. The Morgan fingerprint density at radius 3 is 2.60 bits per heavy atom. The van der Waals surface area contributed by atoms with E-state index in [1.54, 1.807) is 11.8 Å². The number of nitrogens with zero attached hydrogens (tertiary/aromatic N) is 1. The molecule has 0 spiro atoms. The SMILES string of the molecule is Cc1ccc(-c2nc(CCOc3ccc(C4NC(C(=O)O)CS4)cc3)c(C)o2)cc1. The van der Waals surface area contributed by atoms with Gasteiger partial charge in [0.15, 0.2) is 0 Å². The molecular weight excluding hydrogens is 400 g/mol. The van der Waals surface area contributed by atoms with Gasteiger partial charge in [0.25, 0.3) is 0 Å². The highest BCUT2D eigenvalue weighted by Crippen LogP contribution is 2.33. The lowest BCUT2D eigenvalue weighted by atomic mass is 10.1. The Morgan fingerprint density at radius 1 is 1.20 bits per heavy atom. The van der Waals surface area contributed by atoms with Crippen molar-refractivity contribution in [1.29, 1.82) is 0 Å². The molecule has 7 heteroatoms. The number of benzene rings is 2. The summed E-state index contributed by atoms with van der Waals surface area (Å²) in [6.07, 6.45) is 0.656. The average molecular weight is 425 g/mol. The maximum Gasteiger partial charge on any atom is 0.321 e. The molecule has 0 saturated carbocycles. The molecule has 2 heterocycles. The van der Waals surface area contributed by atoms with Crippen molar-refractivity contribution in [2.45, 2.75) is 31.7 Å². The van der Waals surface area contributed by atoms with Gasteiger partial charge in [-0.15, -0.1) is 11.8 Å². The van der Waals surface area contributed by atoms with E-state index < -0.39 is 12.0 Å². The first-order chi connectivity index (χ1) is 14.5. The lowest BCUT2D eigenvalue weighted by Gasteiger charge is -2.12. The van der Waals surface area contributed by atoms with E-state index in [1.807, 2.05) is 55.5 Å². The quantitative estimate of drug-likeness (QED) is 0.583. The van der Waals surface area contributed by atoms with Crippen LogP contribution in [0.15, 0.2) is 52.9 Å². The molecule has 1 aromatic heterocycles. The van der Waals surface area contributed by atoms with Crippen LogP contribution in [0.25, 0.3) is 11.5 Å². The molecule has 2 unspecified atom stereocenters. The molecule has 0 aliphatic carbocycles. The minimum atomic E-state index is -0.807. The number of ether oxygens (including phenoxy) is 1. The fourth-order valence-electron chi connectivity index (χ4n) is 3.29. The summed E-state index contributed by atoms with van der Waals surface area (Å²) in [5.41, 5.74) is 4.11. The molecule has 0 radical (unpaired) electrons. The van der Waals surface area contributed by atoms with Gasteiger partial charge in [0.2, 0.25) is 5.89 Å². The number of thioether (sulfide) groups is 1. The van der Waals surface area contributed by atoms with E-state index in [0.29, 0.717) is 24.7 Å². The second-order valence-electron chi connectivity index (χ2n) is 7.33. The zero-order chi connectivity index (χ0) is 21.1. The zero-order valence-electron chi connectivity index (χ0n) is 16.9. The van der Waals surface area contributed by atoms with E-state index in [1.165, 1.54) is 5.56 Å². The van der Waals surface area contributed by atoms with Crippen molar-refractivity contribution in [2.75, 3.05) is 12.4 Å². The summed E-state index contributed by atoms with van der Waals surface area (Å²) in [4.78, 5) is 15.7. The molecule has 1 aliphatic rings. The van der Waals surface area contributed by atoms with Gasteiger partial charge in [-0.2, -0.15) is 0 Å². The molecule has 30 heavy (non-hydrogen) atoms. The van der Waals surface area contributed by atoms with E-state index in [2.05, 4.69) is 17.2 Å². The van der Waals surface area contributed by atoms with Gasteiger partial charge in [0.1, 0.15) is 17.6 Å².